The summed E-state index contributed by atoms with van der Waals surface area (Å²) in [4.78, 5) is 74.4. The molecule has 0 fully saturated rings. The maximum atomic E-state index is 13.1. The van der Waals surface area contributed by atoms with Gasteiger partial charge in [-0.15, -0.1) is 22.7 Å². The topological polar surface area (TPSA) is 318 Å². The summed E-state index contributed by atoms with van der Waals surface area (Å²) in [5.41, 5.74) is 14.4. The number of benzene rings is 2. The number of aryl methyl sites for hydroxylation is 4. The fourth-order valence-electron chi connectivity index (χ4n) is 7.31. The zero-order valence-electron chi connectivity index (χ0n) is 39.9. The molecule has 0 radical (unpaired) electrons. The van der Waals surface area contributed by atoms with Gasteiger partial charge in [0.05, 0.1) is 81.9 Å². The van der Waals surface area contributed by atoms with Crippen LogP contribution in [0.5, 0.6) is 11.8 Å². The summed E-state index contributed by atoms with van der Waals surface area (Å²) in [5.74, 6) is -1.94. The first-order valence-electron chi connectivity index (χ1n) is 21.6. The first-order chi connectivity index (χ1) is 34.0. The van der Waals surface area contributed by atoms with E-state index in [4.69, 9.17) is 20.9 Å². The van der Waals surface area contributed by atoms with Crippen molar-refractivity contribution in [2.24, 2.45) is 23.3 Å². The molecule has 26 heteroatoms. The number of amides is 2. The maximum absolute atomic E-state index is 13.1. The summed E-state index contributed by atoms with van der Waals surface area (Å²) in [6, 6.07) is 13.3. The Morgan fingerprint density at radius 1 is 0.611 bits per heavy atom. The van der Waals surface area contributed by atoms with Crippen molar-refractivity contribution in [3.8, 4) is 34.0 Å². The summed E-state index contributed by atoms with van der Waals surface area (Å²) >= 11 is 2.14. The van der Waals surface area contributed by atoms with E-state index in [-0.39, 0.29) is 55.8 Å². The number of hydrogen-bond acceptors (Lipinski definition) is 18. The van der Waals surface area contributed by atoms with Crippen LogP contribution in [0.15, 0.2) is 91.6 Å². The predicted octanol–water partition coefficient (Wildman–Crippen LogP) is 4.93. The number of nitrogens with two attached hydrogens (primary N) is 2. The molecule has 22 nitrogen and oxygen atoms in total. The van der Waals surface area contributed by atoms with Crippen molar-refractivity contribution in [2.45, 2.75) is 63.1 Å². The summed E-state index contributed by atoms with van der Waals surface area (Å²) in [6.45, 7) is 10.2. The second kappa shape index (κ2) is 21.0. The third-order valence-electron chi connectivity index (χ3n) is 11.0. The van der Waals surface area contributed by atoms with E-state index >= 15 is 0 Å². The van der Waals surface area contributed by atoms with E-state index in [9.17, 15) is 36.0 Å². The Hall–Kier alpha value is -7.68. The van der Waals surface area contributed by atoms with Gasteiger partial charge in [0.15, 0.2) is 8.42 Å². The van der Waals surface area contributed by atoms with E-state index in [0.29, 0.717) is 65.5 Å². The fraction of sp³-hybridized carbons (Fsp3) is 0.261. The van der Waals surface area contributed by atoms with Crippen molar-refractivity contribution in [3.63, 3.8) is 0 Å². The average molecular weight is 1060 g/mol. The van der Waals surface area contributed by atoms with E-state index in [1.54, 1.807) is 90.1 Å². The molecule has 6 heterocycles. The van der Waals surface area contributed by atoms with E-state index in [1.807, 2.05) is 0 Å². The first kappa shape index (κ1) is 52.2. The van der Waals surface area contributed by atoms with Crippen molar-refractivity contribution in [1.82, 2.24) is 39.0 Å². The van der Waals surface area contributed by atoms with Crippen LogP contribution in [0.1, 0.15) is 35.3 Å². The number of sulfonamides is 2. The van der Waals surface area contributed by atoms with Crippen molar-refractivity contribution >= 4 is 87.7 Å². The van der Waals surface area contributed by atoms with Gasteiger partial charge in [0, 0.05) is 36.6 Å². The highest BCUT2D eigenvalue weighted by atomic mass is 32.3. The van der Waals surface area contributed by atoms with Crippen molar-refractivity contribution in [2.75, 3.05) is 23.7 Å². The number of aromatic nitrogens is 8. The Kier molecular flexibility index (Phi) is 15.2. The number of anilines is 2. The number of ether oxygens (including phenoxy) is 2. The normalized spacial score (nSPS) is 12.4. The van der Waals surface area contributed by atoms with Crippen LogP contribution in [0.2, 0.25) is 0 Å². The van der Waals surface area contributed by atoms with Gasteiger partial charge in [-0.2, -0.15) is 0 Å². The molecule has 2 atom stereocenters. The van der Waals surface area contributed by atoms with Crippen LogP contribution < -0.4 is 41.5 Å². The van der Waals surface area contributed by atoms with Gasteiger partial charge in [-0.1, -0.05) is 26.0 Å². The van der Waals surface area contributed by atoms with Crippen LogP contribution in [0.4, 0.5) is 11.4 Å². The largest absolute Gasteiger partial charge is 0.480 e. The molecule has 2 amide bonds. The Labute approximate surface area is 420 Å². The second-order valence-corrected chi connectivity index (χ2v) is 22.6. The van der Waals surface area contributed by atoms with E-state index in [2.05, 4.69) is 39.3 Å². The molecule has 0 saturated heterocycles. The first-order valence-corrected chi connectivity index (χ1v) is 26.2. The van der Waals surface area contributed by atoms with E-state index in [1.165, 1.54) is 48.4 Å². The summed E-state index contributed by atoms with van der Waals surface area (Å²) in [5, 5.41) is 1.93. The number of nitrogens with one attached hydrogen (secondary N) is 2. The number of nitrogens with zero attached hydrogens (tertiary/aromatic N) is 8. The van der Waals surface area contributed by atoms with Crippen LogP contribution in [0.25, 0.3) is 44.1 Å². The summed E-state index contributed by atoms with van der Waals surface area (Å²) in [6.07, 6.45) is 5.80. The molecule has 8 rings (SSSR count). The number of methoxy groups -OCH3 is 2. The highest BCUT2D eigenvalue weighted by Gasteiger charge is 2.25. The molecule has 0 spiro atoms. The smallest absolute Gasteiger partial charge is 0.273 e. The lowest BCUT2D eigenvalue weighted by molar-refractivity contribution is -0.122. The Morgan fingerprint density at radius 2 is 0.986 bits per heavy atom. The number of pyridine rings is 2. The SMILES string of the molecule is COc1ncc(-c2ccc3ncn(C[C@@H](C)C(N)=O)c(=O)c3c2)cc1NS(=O)(=O)c1sc(C)nc1C.COc1ncc(-c2ccc3ncn(C[C@H](C)C(N)=O)c(=O)c3c2)cc1NS(=O)(=O)c1sc(C)nc1C. The van der Waals surface area contributed by atoms with Crippen molar-refractivity contribution < 1.29 is 35.9 Å². The van der Waals surface area contributed by atoms with Gasteiger partial charge in [0.1, 0.15) is 11.4 Å². The van der Waals surface area contributed by atoms with Gasteiger partial charge in [0.2, 0.25) is 23.6 Å². The number of thiazole rings is 2. The lowest BCUT2D eigenvalue weighted by atomic mass is 10.0. The quantitative estimate of drug-likeness (QED) is 0.0997. The molecule has 6 N–H and O–H groups in total. The molecule has 0 aliphatic rings. The van der Waals surface area contributed by atoms with Gasteiger partial charge in [-0.25, -0.2) is 46.7 Å². The monoisotopic (exact) mass is 1060 g/mol. The number of carbonyl (C=O) groups is 2. The van der Waals surface area contributed by atoms with Crippen LogP contribution >= 0.6 is 22.7 Å². The van der Waals surface area contributed by atoms with Crippen LogP contribution in [0.3, 0.4) is 0 Å². The zero-order chi connectivity index (χ0) is 52.4. The highest BCUT2D eigenvalue weighted by Crippen LogP contribution is 2.35. The molecule has 0 aliphatic heterocycles. The zero-order valence-corrected chi connectivity index (χ0v) is 43.2. The number of hydrogen-bond donors (Lipinski definition) is 4. The minimum Gasteiger partial charge on any atom is -0.480 e. The van der Waals surface area contributed by atoms with Gasteiger partial charge in [-0.3, -0.25) is 37.8 Å². The number of carbonyl (C=O) groups excluding carboxylic acids is 2. The maximum Gasteiger partial charge on any atom is 0.273 e. The van der Waals surface area contributed by atoms with Gasteiger partial charge >= 0.3 is 0 Å². The molecule has 8 aromatic rings. The predicted molar refractivity (Wildman–Crippen MR) is 273 cm³/mol. The molecular weight excluding hydrogens is 1010 g/mol. The van der Waals surface area contributed by atoms with Crippen molar-refractivity contribution in [3.05, 3.63) is 116 Å². The van der Waals surface area contributed by atoms with Gasteiger partial charge in [0.25, 0.3) is 31.2 Å². The van der Waals surface area contributed by atoms with Crippen molar-refractivity contribution in [1.29, 1.82) is 0 Å². The molecule has 72 heavy (non-hydrogen) atoms. The van der Waals surface area contributed by atoms with E-state index in [0.717, 1.165) is 22.7 Å². The minimum absolute atomic E-state index is 0.0893. The van der Waals surface area contributed by atoms with Gasteiger partial charge in [-0.05, 0) is 75.2 Å². The molecule has 0 unspecified atom stereocenters. The minimum atomic E-state index is -3.94. The molecule has 2 aromatic carbocycles. The number of rotatable bonds is 16. The molecule has 0 bridgehead atoms. The van der Waals surface area contributed by atoms with E-state index < -0.39 is 43.7 Å². The second-order valence-electron chi connectivity index (χ2n) is 16.5. The lowest BCUT2D eigenvalue weighted by Gasteiger charge is -2.13. The Bertz CT molecular complexity index is 3530. The Balaban J connectivity index is 0.000000211. The van der Waals surface area contributed by atoms with Crippen LogP contribution in [-0.2, 0) is 42.7 Å². The standard InChI is InChI=1S/2C23H24N6O5S2/c2*1-12(20(24)30)10-29-11-26-18-6-5-15(7-17(18)22(29)31)16-8-19(21(34-4)25-9-16)28-36(32,33)23-13(2)27-14(3)35-23/h2*5-9,11-12,28H,10H2,1-4H3,(H2,24,30)/t2*12-/m10/s1. The summed E-state index contributed by atoms with van der Waals surface area (Å²) in [7, 11) is -5.09. The molecule has 0 aliphatic carbocycles. The van der Waals surface area contributed by atoms with Crippen LogP contribution in [0, 0.1) is 39.5 Å². The molecule has 6 aromatic heterocycles. The highest BCUT2D eigenvalue weighted by molar-refractivity contribution is 7.95. The van der Waals surface area contributed by atoms with Crippen LogP contribution in [-0.4, -0.2) is 81.9 Å². The molecular formula is C46H48N12O10S4. The third kappa shape index (κ3) is 11.3. The number of primary amides is 2. The number of fused-ring (bicyclic) bond motifs is 2. The summed E-state index contributed by atoms with van der Waals surface area (Å²) < 4.78 is 70.6. The molecule has 0 saturated carbocycles. The average Bonchev–Trinajstić information content (AvgIpc) is 3.89. The molecule has 376 valence electrons. The fourth-order valence-corrected chi connectivity index (χ4v) is 12.4. The third-order valence-corrected chi connectivity index (χ3v) is 17.1. The van der Waals surface area contributed by atoms with Gasteiger partial charge < -0.3 is 20.9 Å². The lowest BCUT2D eigenvalue weighted by Crippen LogP contribution is -2.30. The Morgan fingerprint density at radius 3 is 1.31 bits per heavy atom.